The molecule has 2 nitrogen and oxygen atoms in total. The molecule has 0 atom stereocenters. The van der Waals surface area contributed by atoms with E-state index in [-0.39, 0.29) is 12.8 Å². The van der Waals surface area contributed by atoms with Crippen molar-refractivity contribution in [2.45, 2.75) is 76.5 Å². The summed E-state index contributed by atoms with van der Waals surface area (Å²) in [5, 5.41) is 9.65. The summed E-state index contributed by atoms with van der Waals surface area (Å²) in [6.45, 7) is 2.16. The van der Waals surface area contributed by atoms with Crippen LogP contribution in [0.1, 0.15) is 76.7 Å². The average molecular weight is 385 g/mol. The molecule has 0 spiro atoms. The van der Waals surface area contributed by atoms with Crippen molar-refractivity contribution >= 4 is 0 Å². The van der Waals surface area contributed by atoms with Crippen LogP contribution in [0.4, 0.5) is 17.6 Å². The van der Waals surface area contributed by atoms with Gasteiger partial charge in [-0.1, -0.05) is 45.4 Å². The molecule has 1 aliphatic rings. The average Bonchev–Trinajstić information content (AvgIpc) is 2.68. The van der Waals surface area contributed by atoms with Crippen molar-refractivity contribution in [1.29, 1.82) is 5.26 Å². The van der Waals surface area contributed by atoms with E-state index >= 15 is 0 Å². The molecular weight excluding hydrogens is 358 g/mol. The zero-order chi connectivity index (χ0) is 20.0. The second-order valence-corrected chi connectivity index (χ2v) is 7.50. The zero-order valence-corrected chi connectivity index (χ0v) is 16.0. The fourth-order valence-electron chi connectivity index (χ4n) is 4.12. The summed E-state index contributed by atoms with van der Waals surface area (Å²) in [6, 6.07) is 1.96. The summed E-state index contributed by atoms with van der Waals surface area (Å²) in [5.41, 5.74) is -2.33. The highest BCUT2D eigenvalue weighted by Gasteiger charge is 2.44. The number of methoxy groups -OCH3 is 1. The van der Waals surface area contributed by atoms with Crippen LogP contribution in [0.15, 0.2) is 0 Å². The van der Waals surface area contributed by atoms with Gasteiger partial charge in [0.1, 0.15) is 0 Å². The van der Waals surface area contributed by atoms with E-state index in [0.717, 1.165) is 26.4 Å². The quantitative estimate of drug-likeness (QED) is 0.288. The molecule has 27 heavy (non-hydrogen) atoms. The third-order valence-electron chi connectivity index (χ3n) is 5.79. The maximum absolute atomic E-state index is 14.5. The summed E-state index contributed by atoms with van der Waals surface area (Å²) >= 11 is 0. The summed E-state index contributed by atoms with van der Waals surface area (Å²) < 4.78 is 61.6. The SMILES string of the molecule is CCCCCCCC1CCC(C#N)(c2c(F)c(F)c(OC)c(F)c2F)CC1. The van der Waals surface area contributed by atoms with Crippen LogP contribution in [0.3, 0.4) is 0 Å². The molecule has 150 valence electrons. The normalized spacial score (nSPS) is 22.5. The molecule has 0 aliphatic heterocycles. The van der Waals surface area contributed by atoms with Gasteiger partial charge in [-0.25, -0.2) is 8.78 Å². The van der Waals surface area contributed by atoms with Crippen LogP contribution in [-0.2, 0) is 5.41 Å². The molecule has 0 bridgehead atoms. The van der Waals surface area contributed by atoms with Crippen molar-refractivity contribution < 1.29 is 22.3 Å². The number of unbranched alkanes of at least 4 members (excludes halogenated alkanes) is 4. The van der Waals surface area contributed by atoms with Gasteiger partial charge in [-0.15, -0.1) is 0 Å². The van der Waals surface area contributed by atoms with Crippen molar-refractivity contribution in [2.24, 2.45) is 5.92 Å². The molecule has 0 unspecified atom stereocenters. The molecule has 0 heterocycles. The van der Waals surface area contributed by atoms with Crippen LogP contribution < -0.4 is 4.74 Å². The van der Waals surface area contributed by atoms with Crippen molar-refractivity contribution in [1.82, 2.24) is 0 Å². The van der Waals surface area contributed by atoms with E-state index in [4.69, 9.17) is 0 Å². The van der Waals surface area contributed by atoms with Gasteiger partial charge in [0.05, 0.1) is 24.2 Å². The second kappa shape index (κ2) is 9.43. The molecule has 0 aromatic heterocycles. The number of hydrogen-bond acceptors (Lipinski definition) is 2. The first-order valence-corrected chi connectivity index (χ1v) is 9.73. The molecule has 2 rings (SSSR count). The monoisotopic (exact) mass is 385 g/mol. The van der Waals surface area contributed by atoms with Crippen LogP contribution in [-0.4, -0.2) is 7.11 Å². The predicted octanol–water partition coefficient (Wildman–Crippen LogP) is 6.56. The molecule has 0 saturated heterocycles. The predicted molar refractivity (Wildman–Crippen MR) is 95.5 cm³/mol. The van der Waals surface area contributed by atoms with E-state index < -0.39 is 40.0 Å². The van der Waals surface area contributed by atoms with Gasteiger partial charge in [0, 0.05) is 0 Å². The van der Waals surface area contributed by atoms with Gasteiger partial charge in [0.15, 0.2) is 17.4 Å². The van der Waals surface area contributed by atoms with E-state index in [0.29, 0.717) is 18.8 Å². The molecule has 1 saturated carbocycles. The number of halogens is 4. The highest BCUT2D eigenvalue weighted by Crippen LogP contribution is 2.46. The Morgan fingerprint density at radius 2 is 1.52 bits per heavy atom. The van der Waals surface area contributed by atoms with Gasteiger partial charge in [-0.3, -0.25) is 0 Å². The third-order valence-corrected chi connectivity index (χ3v) is 5.79. The van der Waals surface area contributed by atoms with Gasteiger partial charge in [-0.05, 0) is 31.6 Å². The van der Waals surface area contributed by atoms with E-state index in [1.54, 1.807) is 0 Å². The minimum absolute atomic E-state index is 0.197. The lowest BCUT2D eigenvalue weighted by Gasteiger charge is -2.36. The van der Waals surface area contributed by atoms with Crippen LogP contribution >= 0.6 is 0 Å². The van der Waals surface area contributed by atoms with Gasteiger partial charge in [0.2, 0.25) is 11.6 Å². The standard InChI is InChI=1S/C21H27F4NO/c1-3-4-5-6-7-8-14-9-11-21(13-26,12-10-14)15-16(22)18(24)20(27-2)19(25)17(15)23/h14H,3-12H2,1-2H3. The lowest BCUT2D eigenvalue weighted by Crippen LogP contribution is -2.33. The molecule has 1 aliphatic carbocycles. The van der Waals surface area contributed by atoms with Crippen LogP contribution in [0.25, 0.3) is 0 Å². The van der Waals surface area contributed by atoms with Gasteiger partial charge < -0.3 is 4.74 Å². The molecule has 1 fully saturated rings. The minimum Gasteiger partial charge on any atom is -0.491 e. The molecule has 0 amide bonds. The summed E-state index contributed by atoms with van der Waals surface area (Å²) in [4.78, 5) is 0. The van der Waals surface area contributed by atoms with Gasteiger partial charge >= 0.3 is 0 Å². The summed E-state index contributed by atoms with van der Waals surface area (Å²) in [7, 11) is 0.936. The Hall–Kier alpha value is -1.77. The Morgan fingerprint density at radius 3 is 2.00 bits per heavy atom. The first-order chi connectivity index (χ1) is 12.9. The van der Waals surface area contributed by atoms with Gasteiger partial charge in [-0.2, -0.15) is 14.0 Å². The Balaban J connectivity index is 2.16. The number of nitriles is 1. The highest BCUT2D eigenvalue weighted by atomic mass is 19.2. The Kier molecular flexibility index (Phi) is 7.52. The first-order valence-electron chi connectivity index (χ1n) is 9.73. The van der Waals surface area contributed by atoms with E-state index in [1.165, 1.54) is 19.3 Å². The number of nitrogens with zero attached hydrogens (tertiary/aromatic N) is 1. The molecule has 1 aromatic rings. The lowest BCUT2D eigenvalue weighted by atomic mass is 9.66. The molecule has 1 aromatic carbocycles. The minimum atomic E-state index is -1.58. The van der Waals surface area contributed by atoms with Crippen molar-refractivity contribution in [3.63, 3.8) is 0 Å². The molecule has 6 heteroatoms. The summed E-state index contributed by atoms with van der Waals surface area (Å²) in [6.07, 6.45) is 8.50. The zero-order valence-electron chi connectivity index (χ0n) is 16.0. The maximum atomic E-state index is 14.5. The van der Waals surface area contributed by atoms with Crippen molar-refractivity contribution in [3.8, 4) is 11.8 Å². The Bertz CT molecular complexity index is 661. The second-order valence-electron chi connectivity index (χ2n) is 7.50. The lowest BCUT2D eigenvalue weighted by molar-refractivity contribution is 0.244. The number of ether oxygens (including phenoxy) is 1. The fourth-order valence-corrected chi connectivity index (χ4v) is 4.12. The van der Waals surface area contributed by atoms with Crippen molar-refractivity contribution in [3.05, 3.63) is 28.8 Å². The van der Waals surface area contributed by atoms with Crippen LogP contribution in [0.2, 0.25) is 0 Å². The van der Waals surface area contributed by atoms with E-state index in [1.807, 2.05) is 6.07 Å². The topological polar surface area (TPSA) is 33.0 Å². The number of benzene rings is 1. The smallest absolute Gasteiger partial charge is 0.204 e. The van der Waals surface area contributed by atoms with Crippen molar-refractivity contribution in [2.75, 3.05) is 7.11 Å². The van der Waals surface area contributed by atoms with Gasteiger partial charge in [0.25, 0.3) is 0 Å². The third kappa shape index (κ3) is 4.39. The molecule has 0 radical (unpaired) electrons. The first kappa shape index (κ1) is 21.5. The summed E-state index contributed by atoms with van der Waals surface area (Å²) in [5.74, 6) is -6.93. The Morgan fingerprint density at radius 1 is 0.963 bits per heavy atom. The largest absolute Gasteiger partial charge is 0.491 e. The fraction of sp³-hybridized carbons (Fsp3) is 0.667. The highest BCUT2D eigenvalue weighted by molar-refractivity contribution is 5.42. The maximum Gasteiger partial charge on any atom is 0.204 e. The Labute approximate surface area is 158 Å². The number of hydrogen-bond donors (Lipinski definition) is 0. The van der Waals surface area contributed by atoms with Crippen LogP contribution in [0, 0.1) is 40.5 Å². The van der Waals surface area contributed by atoms with E-state index in [9.17, 15) is 22.8 Å². The van der Waals surface area contributed by atoms with E-state index in [2.05, 4.69) is 11.7 Å². The van der Waals surface area contributed by atoms with Crippen LogP contribution in [0.5, 0.6) is 5.75 Å². The molecular formula is C21H27F4NO. The molecule has 0 N–H and O–H groups in total. The number of rotatable bonds is 8.